The molecule has 4 heteroatoms. The highest BCUT2D eigenvalue weighted by atomic mass is 32.2. The second kappa shape index (κ2) is 7.14. The van der Waals surface area contributed by atoms with E-state index in [0.717, 1.165) is 37.2 Å². The lowest BCUT2D eigenvalue weighted by atomic mass is 9.94. The van der Waals surface area contributed by atoms with Gasteiger partial charge in [-0.1, -0.05) is 19.1 Å². The molecule has 2 rings (SSSR count). The zero-order chi connectivity index (χ0) is 14.5. The van der Waals surface area contributed by atoms with E-state index < -0.39 is 0 Å². The van der Waals surface area contributed by atoms with E-state index in [9.17, 15) is 4.79 Å². The average molecular weight is 292 g/mol. The Balaban J connectivity index is 2.24. The van der Waals surface area contributed by atoms with Crippen LogP contribution in [0.4, 0.5) is 0 Å². The Morgan fingerprint density at radius 3 is 3.00 bits per heavy atom. The zero-order valence-corrected chi connectivity index (χ0v) is 13.4. The molecular weight excluding hydrogens is 268 g/mol. The Labute approximate surface area is 126 Å². The molecule has 110 valence electrons. The van der Waals surface area contributed by atoms with Crippen LogP contribution >= 0.6 is 11.8 Å². The quantitative estimate of drug-likeness (QED) is 0.905. The van der Waals surface area contributed by atoms with Crippen LogP contribution in [0.1, 0.15) is 34.8 Å². The fraction of sp³-hybridized carbons (Fsp3) is 0.562. The van der Waals surface area contributed by atoms with E-state index in [1.807, 2.05) is 24.1 Å². The minimum Gasteiger partial charge on any atom is -0.338 e. The fourth-order valence-electron chi connectivity index (χ4n) is 2.78. The van der Waals surface area contributed by atoms with E-state index in [-0.39, 0.29) is 5.91 Å². The highest BCUT2D eigenvalue weighted by Gasteiger charge is 2.23. The first-order valence-corrected chi connectivity index (χ1v) is 8.66. The van der Waals surface area contributed by atoms with E-state index in [1.165, 1.54) is 11.1 Å². The van der Waals surface area contributed by atoms with Crippen molar-refractivity contribution >= 4 is 17.7 Å². The summed E-state index contributed by atoms with van der Waals surface area (Å²) in [6.07, 6.45) is 4.04. The first-order chi connectivity index (χ1) is 9.69. The van der Waals surface area contributed by atoms with Gasteiger partial charge in [0.1, 0.15) is 0 Å². The minimum atomic E-state index is 0.171. The fourth-order valence-corrected chi connectivity index (χ4v) is 3.63. The van der Waals surface area contributed by atoms with Crippen LogP contribution in [0.15, 0.2) is 18.2 Å². The molecule has 0 saturated carbocycles. The van der Waals surface area contributed by atoms with Gasteiger partial charge in [0.2, 0.25) is 0 Å². The maximum absolute atomic E-state index is 12.8. The van der Waals surface area contributed by atoms with Gasteiger partial charge in [-0.3, -0.25) is 4.79 Å². The molecule has 1 aromatic carbocycles. The SMILES string of the molecule is CCC(CSC)N(C)C(=O)c1cccc2c1CCNC2. The summed E-state index contributed by atoms with van der Waals surface area (Å²) < 4.78 is 0. The molecule has 1 aliphatic heterocycles. The molecule has 0 spiro atoms. The van der Waals surface area contributed by atoms with Crippen molar-refractivity contribution in [2.24, 2.45) is 0 Å². The summed E-state index contributed by atoms with van der Waals surface area (Å²) in [6.45, 7) is 3.99. The van der Waals surface area contributed by atoms with Gasteiger partial charge in [-0.2, -0.15) is 11.8 Å². The summed E-state index contributed by atoms with van der Waals surface area (Å²) in [5.74, 6) is 1.17. The molecule has 0 bridgehead atoms. The summed E-state index contributed by atoms with van der Waals surface area (Å²) in [4.78, 5) is 14.7. The van der Waals surface area contributed by atoms with Crippen LogP contribution in [0.3, 0.4) is 0 Å². The van der Waals surface area contributed by atoms with Gasteiger partial charge in [0, 0.05) is 31.0 Å². The number of nitrogens with one attached hydrogen (secondary N) is 1. The number of carbonyl (C=O) groups is 1. The summed E-state index contributed by atoms with van der Waals surface area (Å²) in [5, 5.41) is 3.36. The molecule has 20 heavy (non-hydrogen) atoms. The number of amides is 1. The van der Waals surface area contributed by atoms with Crippen molar-refractivity contribution in [3.8, 4) is 0 Å². The number of thioether (sulfide) groups is 1. The smallest absolute Gasteiger partial charge is 0.254 e. The molecule has 0 aliphatic carbocycles. The Bertz CT molecular complexity index is 476. The molecule has 0 saturated heterocycles. The third-order valence-corrected chi connectivity index (χ3v) is 4.79. The van der Waals surface area contributed by atoms with Crippen LogP contribution in [0.25, 0.3) is 0 Å². The number of benzene rings is 1. The lowest BCUT2D eigenvalue weighted by Crippen LogP contribution is -2.39. The van der Waals surface area contributed by atoms with Gasteiger partial charge in [-0.15, -0.1) is 0 Å². The van der Waals surface area contributed by atoms with Gasteiger partial charge in [-0.25, -0.2) is 0 Å². The lowest BCUT2D eigenvalue weighted by molar-refractivity contribution is 0.0742. The van der Waals surface area contributed by atoms with Gasteiger partial charge < -0.3 is 10.2 Å². The van der Waals surface area contributed by atoms with Crippen LogP contribution in [-0.2, 0) is 13.0 Å². The van der Waals surface area contributed by atoms with Gasteiger partial charge >= 0.3 is 0 Å². The van der Waals surface area contributed by atoms with Crippen LogP contribution in [0.5, 0.6) is 0 Å². The number of hydrogen-bond acceptors (Lipinski definition) is 3. The predicted molar refractivity (Wildman–Crippen MR) is 86.4 cm³/mol. The normalized spacial score (nSPS) is 15.6. The second-order valence-corrected chi connectivity index (χ2v) is 6.21. The standard InChI is InChI=1S/C16H24N2OS/c1-4-13(11-20-3)18(2)16(19)15-7-5-6-12-10-17-9-8-14(12)15/h5-7,13,17H,4,8-11H2,1-3H3. The van der Waals surface area contributed by atoms with E-state index in [4.69, 9.17) is 0 Å². The number of carbonyl (C=O) groups excluding carboxylic acids is 1. The Hall–Kier alpha value is -1.00. The van der Waals surface area contributed by atoms with E-state index in [2.05, 4.69) is 24.6 Å². The summed E-state index contributed by atoms with van der Waals surface area (Å²) in [7, 11) is 1.94. The van der Waals surface area contributed by atoms with Gasteiger partial charge in [0.25, 0.3) is 5.91 Å². The molecule has 0 radical (unpaired) electrons. The van der Waals surface area contributed by atoms with Crippen LogP contribution in [0, 0.1) is 0 Å². The molecule has 0 aromatic heterocycles. The molecular formula is C16H24N2OS. The van der Waals surface area contributed by atoms with Crippen molar-refractivity contribution in [1.82, 2.24) is 10.2 Å². The van der Waals surface area contributed by atoms with Gasteiger partial charge in [0.15, 0.2) is 0 Å². The van der Waals surface area contributed by atoms with Crippen molar-refractivity contribution in [3.63, 3.8) is 0 Å². The molecule has 1 heterocycles. The van der Waals surface area contributed by atoms with E-state index in [1.54, 1.807) is 11.8 Å². The topological polar surface area (TPSA) is 32.3 Å². The summed E-state index contributed by atoms with van der Waals surface area (Å²) in [5.41, 5.74) is 3.40. The van der Waals surface area contributed by atoms with Crippen LogP contribution in [0.2, 0.25) is 0 Å². The highest BCUT2D eigenvalue weighted by molar-refractivity contribution is 7.98. The third-order valence-electron chi connectivity index (χ3n) is 4.07. The van der Waals surface area contributed by atoms with Crippen molar-refractivity contribution in [2.75, 3.05) is 25.6 Å². The maximum Gasteiger partial charge on any atom is 0.254 e. The average Bonchev–Trinajstić information content (AvgIpc) is 2.50. The molecule has 1 unspecified atom stereocenters. The highest BCUT2D eigenvalue weighted by Crippen LogP contribution is 2.21. The van der Waals surface area contributed by atoms with Crippen molar-refractivity contribution < 1.29 is 4.79 Å². The van der Waals surface area contributed by atoms with Crippen molar-refractivity contribution in [2.45, 2.75) is 32.4 Å². The lowest BCUT2D eigenvalue weighted by Gasteiger charge is -2.29. The number of fused-ring (bicyclic) bond motifs is 1. The van der Waals surface area contributed by atoms with Gasteiger partial charge in [0.05, 0.1) is 0 Å². The second-order valence-electron chi connectivity index (χ2n) is 5.30. The first-order valence-electron chi connectivity index (χ1n) is 7.26. The largest absolute Gasteiger partial charge is 0.338 e. The Morgan fingerprint density at radius 1 is 1.50 bits per heavy atom. The summed E-state index contributed by atoms with van der Waals surface area (Å²) >= 11 is 1.80. The molecule has 1 N–H and O–H groups in total. The molecule has 1 atom stereocenters. The predicted octanol–water partition coefficient (Wildman–Crippen LogP) is 2.55. The van der Waals surface area contributed by atoms with Crippen molar-refractivity contribution in [3.05, 3.63) is 34.9 Å². The third kappa shape index (κ3) is 3.18. The zero-order valence-electron chi connectivity index (χ0n) is 12.6. The van der Waals surface area contributed by atoms with Gasteiger partial charge in [-0.05, 0) is 42.8 Å². The number of nitrogens with zero attached hydrogens (tertiary/aromatic N) is 1. The first kappa shape index (κ1) is 15.4. The molecule has 1 aliphatic rings. The molecule has 3 nitrogen and oxygen atoms in total. The Morgan fingerprint density at radius 2 is 2.30 bits per heavy atom. The summed E-state index contributed by atoms with van der Waals surface area (Å²) in [6, 6.07) is 6.42. The number of rotatable bonds is 5. The maximum atomic E-state index is 12.8. The Kier molecular flexibility index (Phi) is 5.49. The molecule has 0 fully saturated rings. The van der Waals surface area contributed by atoms with Crippen LogP contribution < -0.4 is 5.32 Å². The number of hydrogen-bond donors (Lipinski definition) is 1. The van der Waals surface area contributed by atoms with Crippen LogP contribution in [-0.4, -0.2) is 42.4 Å². The van der Waals surface area contributed by atoms with E-state index in [0.29, 0.717) is 6.04 Å². The molecule has 1 aromatic rings. The van der Waals surface area contributed by atoms with Crippen molar-refractivity contribution in [1.29, 1.82) is 0 Å². The minimum absolute atomic E-state index is 0.171. The molecule has 1 amide bonds. The monoisotopic (exact) mass is 292 g/mol. The van der Waals surface area contributed by atoms with E-state index >= 15 is 0 Å².